The second-order valence-electron chi connectivity index (χ2n) is 2.16. The van der Waals surface area contributed by atoms with Gasteiger partial charge in [-0.15, -0.1) is 0 Å². The van der Waals surface area contributed by atoms with Crippen LogP contribution in [0.4, 0.5) is 0 Å². The molecule has 8 heavy (non-hydrogen) atoms. The van der Waals surface area contributed by atoms with E-state index in [-0.39, 0.29) is 0 Å². The molecule has 46 valence electrons. The molecule has 3 nitrogen and oxygen atoms in total. The molecule has 0 N–H and O–H groups in total. The molecular weight excluding hydrogens is 108 g/mol. The van der Waals surface area contributed by atoms with E-state index >= 15 is 0 Å². The van der Waals surface area contributed by atoms with Crippen LogP contribution in [0, 0.1) is 0 Å². The average molecular weight is 116 g/mol. The Kier molecular flexibility index (Phi) is 0.848. The molecular formula is C5H8O3. The lowest BCUT2D eigenvalue weighted by Crippen LogP contribution is -2.21. The van der Waals surface area contributed by atoms with Crippen molar-refractivity contribution >= 4 is 0 Å². The molecule has 0 amide bonds. The fourth-order valence-electron chi connectivity index (χ4n) is 0.921. The van der Waals surface area contributed by atoms with Gasteiger partial charge in [0.25, 0.3) is 0 Å². The van der Waals surface area contributed by atoms with Crippen molar-refractivity contribution in [1.82, 2.24) is 0 Å². The van der Waals surface area contributed by atoms with Crippen molar-refractivity contribution in [2.45, 2.75) is 25.2 Å². The van der Waals surface area contributed by atoms with E-state index in [1.807, 2.05) is 0 Å². The first-order chi connectivity index (χ1) is 3.91. The van der Waals surface area contributed by atoms with E-state index in [0.29, 0.717) is 0 Å². The summed E-state index contributed by atoms with van der Waals surface area (Å²) in [5.74, 6) is -0.571. The minimum atomic E-state index is -0.571. The molecule has 2 fully saturated rings. The van der Waals surface area contributed by atoms with Crippen LogP contribution in [0.5, 0.6) is 0 Å². The van der Waals surface area contributed by atoms with Gasteiger partial charge in [0.05, 0.1) is 6.61 Å². The summed E-state index contributed by atoms with van der Waals surface area (Å²) < 4.78 is 5.13. The molecule has 0 radical (unpaired) electrons. The lowest BCUT2D eigenvalue weighted by Gasteiger charge is -2.13. The highest BCUT2D eigenvalue weighted by atomic mass is 17.4. The monoisotopic (exact) mass is 116 g/mol. The first-order valence-electron chi connectivity index (χ1n) is 2.92. The molecule has 0 aromatic rings. The third-order valence-corrected chi connectivity index (χ3v) is 1.47. The zero-order valence-electron chi connectivity index (χ0n) is 4.55. The summed E-state index contributed by atoms with van der Waals surface area (Å²) in [7, 11) is 0. The zero-order chi connectivity index (χ0) is 5.45. The Morgan fingerprint density at radius 2 is 2.00 bits per heavy atom. The Bertz CT molecular complexity index is 89.8. The van der Waals surface area contributed by atoms with Crippen molar-refractivity contribution in [3.8, 4) is 0 Å². The lowest BCUT2D eigenvalue weighted by atomic mass is 10.2. The molecule has 0 bridgehead atoms. The van der Waals surface area contributed by atoms with Crippen LogP contribution >= 0.6 is 0 Å². The van der Waals surface area contributed by atoms with Crippen molar-refractivity contribution in [3.05, 3.63) is 0 Å². The van der Waals surface area contributed by atoms with Crippen LogP contribution in [-0.2, 0) is 14.5 Å². The molecule has 2 rings (SSSR count). The average Bonchev–Trinajstić information content (AvgIpc) is 2.52. The van der Waals surface area contributed by atoms with Crippen molar-refractivity contribution < 1.29 is 14.5 Å². The van der Waals surface area contributed by atoms with Crippen LogP contribution in [0.2, 0.25) is 0 Å². The Labute approximate surface area is 47.5 Å². The van der Waals surface area contributed by atoms with Gasteiger partial charge in [-0.25, -0.2) is 0 Å². The van der Waals surface area contributed by atoms with Crippen molar-refractivity contribution in [2.24, 2.45) is 0 Å². The van der Waals surface area contributed by atoms with E-state index in [4.69, 9.17) is 4.74 Å². The fourth-order valence-corrected chi connectivity index (χ4v) is 0.921. The quantitative estimate of drug-likeness (QED) is 0.347. The summed E-state index contributed by atoms with van der Waals surface area (Å²) in [5, 5.41) is 0. The predicted octanol–water partition coefficient (Wildman–Crippen LogP) is 0.802. The van der Waals surface area contributed by atoms with Gasteiger partial charge in [-0.05, 0) is 12.8 Å². The van der Waals surface area contributed by atoms with Gasteiger partial charge < -0.3 is 4.74 Å². The van der Waals surface area contributed by atoms with Crippen LogP contribution in [0.15, 0.2) is 0 Å². The second kappa shape index (κ2) is 1.43. The Morgan fingerprint density at radius 3 is 2.38 bits per heavy atom. The van der Waals surface area contributed by atoms with Gasteiger partial charge >= 0.3 is 5.97 Å². The van der Waals surface area contributed by atoms with Gasteiger partial charge in [0, 0.05) is 6.42 Å². The summed E-state index contributed by atoms with van der Waals surface area (Å²) in [6.07, 6.45) is 3.18. The highest BCUT2D eigenvalue weighted by molar-refractivity contribution is 4.65. The Morgan fingerprint density at radius 1 is 1.12 bits per heavy atom. The van der Waals surface area contributed by atoms with Gasteiger partial charge in [-0.1, -0.05) is 0 Å². The van der Waals surface area contributed by atoms with E-state index in [0.717, 1.165) is 25.9 Å². The molecule has 0 aromatic heterocycles. The largest absolute Gasteiger partial charge is 0.340 e. The number of ether oxygens (including phenoxy) is 1. The topological polar surface area (TPSA) is 34.3 Å². The highest BCUT2D eigenvalue weighted by Gasteiger charge is 2.51. The van der Waals surface area contributed by atoms with Crippen LogP contribution in [-0.4, -0.2) is 12.6 Å². The highest BCUT2D eigenvalue weighted by Crippen LogP contribution is 2.38. The normalized spacial score (nSPS) is 33.0. The third kappa shape index (κ3) is 0.632. The lowest BCUT2D eigenvalue weighted by molar-refractivity contribution is -0.0858. The van der Waals surface area contributed by atoms with Gasteiger partial charge in [0.1, 0.15) is 0 Å². The molecule has 0 aliphatic carbocycles. The Balaban J connectivity index is 1.95. The fraction of sp³-hybridized carbons (Fsp3) is 1.00. The summed E-state index contributed by atoms with van der Waals surface area (Å²) in [6.45, 7) is 0.778. The van der Waals surface area contributed by atoms with Crippen molar-refractivity contribution in [3.63, 3.8) is 0 Å². The van der Waals surface area contributed by atoms with Gasteiger partial charge in [-0.3, -0.25) is 0 Å². The van der Waals surface area contributed by atoms with Crippen molar-refractivity contribution in [2.75, 3.05) is 6.61 Å². The second-order valence-corrected chi connectivity index (χ2v) is 2.16. The molecule has 0 aromatic carbocycles. The molecule has 0 atom stereocenters. The number of hydrogen-bond donors (Lipinski definition) is 0. The summed E-state index contributed by atoms with van der Waals surface area (Å²) in [4.78, 5) is 9.23. The van der Waals surface area contributed by atoms with Crippen LogP contribution in [0.1, 0.15) is 19.3 Å². The molecule has 2 saturated heterocycles. The molecule has 2 aliphatic heterocycles. The predicted molar refractivity (Wildman–Crippen MR) is 24.7 cm³/mol. The van der Waals surface area contributed by atoms with Crippen LogP contribution in [0.25, 0.3) is 0 Å². The van der Waals surface area contributed by atoms with E-state index in [2.05, 4.69) is 9.78 Å². The maximum absolute atomic E-state index is 5.13. The summed E-state index contributed by atoms with van der Waals surface area (Å²) in [6, 6.07) is 0. The number of hydrogen-bond acceptors (Lipinski definition) is 3. The smallest absolute Gasteiger partial charge is 0.324 e. The minimum Gasteiger partial charge on any atom is -0.324 e. The third-order valence-electron chi connectivity index (χ3n) is 1.47. The Hall–Kier alpha value is -0.120. The molecule has 0 unspecified atom stereocenters. The maximum atomic E-state index is 5.13. The van der Waals surface area contributed by atoms with Crippen LogP contribution < -0.4 is 0 Å². The van der Waals surface area contributed by atoms with Gasteiger partial charge in [-0.2, -0.15) is 9.78 Å². The zero-order valence-corrected chi connectivity index (χ0v) is 4.55. The molecule has 1 spiro atoms. The molecule has 0 saturated carbocycles. The standard InChI is InChI=1S/C5H8O3/c1-2-4-6-5(3-1)7-8-5/h1-4H2. The first-order valence-corrected chi connectivity index (χ1v) is 2.92. The van der Waals surface area contributed by atoms with E-state index in [9.17, 15) is 0 Å². The van der Waals surface area contributed by atoms with E-state index < -0.39 is 5.97 Å². The van der Waals surface area contributed by atoms with Crippen molar-refractivity contribution in [1.29, 1.82) is 0 Å². The molecule has 3 heteroatoms. The van der Waals surface area contributed by atoms with E-state index in [1.165, 1.54) is 0 Å². The summed E-state index contributed by atoms with van der Waals surface area (Å²) in [5.41, 5.74) is 0. The number of rotatable bonds is 0. The molecule has 2 heterocycles. The van der Waals surface area contributed by atoms with Gasteiger partial charge in [0.2, 0.25) is 0 Å². The summed E-state index contributed by atoms with van der Waals surface area (Å²) >= 11 is 0. The SMILES string of the molecule is C1CCC2(OC1)OO2. The van der Waals surface area contributed by atoms with E-state index in [1.54, 1.807) is 0 Å². The maximum Gasteiger partial charge on any atom is 0.340 e. The van der Waals surface area contributed by atoms with Crippen LogP contribution in [0.3, 0.4) is 0 Å². The molecule has 2 aliphatic rings. The first kappa shape index (κ1) is 4.73. The minimum absolute atomic E-state index is 0.571. The van der Waals surface area contributed by atoms with Gasteiger partial charge in [0.15, 0.2) is 0 Å².